The highest BCUT2D eigenvalue weighted by molar-refractivity contribution is 5.76. The van der Waals surface area contributed by atoms with E-state index < -0.39 is 0 Å². The first-order valence-electron chi connectivity index (χ1n) is 8.42. The van der Waals surface area contributed by atoms with E-state index in [0.717, 1.165) is 45.7 Å². The van der Waals surface area contributed by atoms with Crippen LogP contribution < -0.4 is 10.2 Å². The molecule has 0 saturated carbocycles. The van der Waals surface area contributed by atoms with Gasteiger partial charge in [0, 0.05) is 51.4 Å². The number of amides is 1. The average Bonchev–Trinajstić information content (AvgIpc) is 2.54. The topological polar surface area (TPSA) is 35.6 Å². The van der Waals surface area contributed by atoms with E-state index in [9.17, 15) is 4.79 Å². The second-order valence-corrected chi connectivity index (χ2v) is 6.15. The van der Waals surface area contributed by atoms with Crippen molar-refractivity contribution >= 4 is 11.6 Å². The van der Waals surface area contributed by atoms with Crippen molar-refractivity contribution in [2.45, 2.75) is 33.6 Å². The largest absolute Gasteiger partial charge is 0.369 e. The first-order chi connectivity index (χ1) is 10.6. The first-order valence-corrected chi connectivity index (χ1v) is 8.42. The summed E-state index contributed by atoms with van der Waals surface area (Å²) in [4.78, 5) is 16.5. The molecule has 2 rings (SSSR count). The molecule has 0 spiro atoms. The van der Waals surface area contributed by atoms with Gasteiger partial charge in [-0.2, -0.15) is 0 Å². The summed E-state index contributed by atoms with van der Waals surface area (Å²) in [6.07, 6.45) is 1.61. The van der Waals surface area contributed by atoms with Crippen molar-refractivity contribution in [3.8, 4) is 0 Å². The molecule has 1 aromatic rings. The molecule has 1 N–H and O–H groups in total. The monoisotopic (exact) mass is 303 g/mol. The summed E-state index contributed by atoms with van der Waals surface area (Å²) in [6, 6.07) is 6.53. The molecular formula is C18H29N3O. The third-order valence-electron chi connectivity index (χ3n) is 4.52. The molecule has 0 unspecified atom stereocenters. The van der Waals surface area contributed by atoms with Gasteiger partial charge >= 0.3 is 0 Å². The van der Waals surface area contributed by atoms with E-state index in [4.69, 9.17) is 0 Å². The van der Waals surface area contributed by atoms with Crippen molar-refractivity contribution < 1.29 is 4.79 Å². The number of piperazine rings is 1. The Kier molecular flexibility index (Phi) is 6.25. The van der Waals surface area contributed by atoms with Crippen molar-refractivity contribution in [2.24, 2.45) is 0 Å². The normalized spacial score (nSPS) is 15.9. The zero-order chi connectivity index (χ0) is 15.9. The first kappa shape index (κ1) is 16.8. The summed E-state index contributed by atoms with van der Waals surface area (Å²) in [5.41, 5.74) is 4.10. The predicted octanol–water partition coefficient (Wildman–Crippen LogP) is 2.34. The van der Waals surface area contributed by atoms with Crippen LogP contribution in [0, 0.1) is 13.8 Å². The predicted molar refractivity (Wildman–Crippen MR) is 92.5 cm³/mol. The van der Waals surface area contributed by atoms with Crippen LogP contribution in [-0.4, -0.2) is 50.1 Å². The van der Waals surface area contributed by atoms with Crippen molar-refractivity contribution in [1.82, 2.24) is 10.2 Å². The second-order valence-electron chi connectivity index (χ2n) is 6.15. The van der Waals surface area contributed by atoms with E-state index in [2.05, 4.69) is 54.1 Å². The quantitative estimate of drug-likeness (QED) is 0.876. The number of hydrogen-bond acceptors (Lipinski definition) is 3. The Morgan fingerprint density at radius 3 is 2.59 bits per heavy atom. The fourth-order valence-corrected chi connectivity index (χ4v) is 2.90. The molecule has 1 aliphatic heterocycles. The minimum Gasteiger partial charge on any atom is -0.369 e. The zero-order valence-corrected chi connectivity index (χ0v) is 14.2. The number of carbonyl (C=O) groups is 1. The molecule has 122 valence electrons. The van der Waals surface area contributed by atoms with Gasteiger partial charge < -0.3 is 10.2 Å². The second kappa shape index (κ2) is 8.18. The van der Waals surface area contributed by atoms with Gasteiger partial charge in [0.15, 0.2) is 0 Å². The average molecular weight is 303 g/mol. The SMILES string of the molecule is CCCNC(=O)CCN1CCN(c2cccc(C)c2C)CC1. The van der Waals surface area contributed by atoms with Crippen molar-refractivity contribution in [3.63, 3.8) is 0 Å². The lowest BCUT2D eigenvalue weighted by atomic mass is 10.1. The van der Waals surface area contributed by atoms with Gasteiger partial charge in [-0.25, -0.2) is 0 Å². The molecule has 1 saturated heterocycles. The Morgan fingerprint density at radius 1 is 1.18 bits per heavy atom. The molecule has 0 bridgehead atoms. The molecule has 1 amide bonds. The lowest BCUT2D eigenvalue weighted by Gasteiger charge is -2.37. The Labute approximate surface area is 134 Å². The maximum absolute atomic E-state index is 11.7. The van der Waals surface area contributed by atoms with Crippen LogP contribution in [0.4, 0.5) is 5.69 Å². The molecule has 4 heteroatoms. The van der Waals surface area contributed by atoms with Crippen LogP contribution in [-0.2, 0) is 4.79 Å². The summed E-state index contributed by atoms with van der Waals surface area (Å²) < 4.78 is 0. The highest BCUT2D eigenvalue weighted by Crippen LogP contribution is 2.23. The third-order valence-corrected chi connectivity index (χ3v) is 4.52. The molecule has 0 aromatic heterocycles. The van der Waals surface area contributed by atoms with Crippen LogP contribution in [0.1, 0.15) is 30.9 Å². The maximum Gasteiger partial charge on any atom is 0.221 e. The summed E-state index contributed by atoms with van der Waals surface area (Å²) in [6.45, 7) is 12.3. The Hall–Kier alpha value is -1.55. The van der Waals surface area contributed by atoms with E-state index in [0.29, 0.717) is 6.42 Å². The molecule has 4 nitrogen and oxygen atoms in total. The van der Waals surface area contributed by atoms with Crippen molar-refractivity contribution in [3.05, 3.63) is 29.3 Å². The van der Waals surface area contributed by atoms with Gasteiger partial charge in [0.2, 0.25) is 5.91 Å². The van der Waals surface area contributed by atoms with Gasteiger partial charge in [-0.3, -0.25) is 9.69 Å². The fraction of sp³-hybridized carbons (Fsp3) is 0.611. The van der Waals surface area contributed by atoms with Crippen LogP contribution in [0.3, 0.4) is 0 Å². The molecule has 1 heterocycles. The van der Waals surface area contributed by atoms with Gasteiger partial charge in [-0.1, -0.05) is 19.1 Å². The number of aryl methyl sites for hydroxylation is 1. The van der Waals surface area contributed by atoms with Crippen LogP contribution in [0.2, 0.25) is 0 Å². The zero-order valence-electron chi connectivity index (χ0n) is 14.2. The Balaban J connectivity index is 1.78. The molecule has 0 aliphatic carbocycles. The fourth-order valence-electron chi connectivity index (χ4n) is 2.90. The highest BCUT2D eigenvalue weighted by atomic mass is 16.1. The van der Waals surface area contributed by atoms with E-state index >= 15 is 0 Å². The van der Waals surface area contributed by atoms with Gasteiger partial charge in [-0.05, 0) is 37.5 Å². The maximum atomic E-state index is 11.7. The minimum atomic E-state index is 0.179. The van der Waals surface area contributed by atoms with Crippen molar-refractivity contribution in [1.29, 1.82) is 0 Å². The molecule has 1 aromatic carbocycles. The lowest BCUT2D eigenvalue weighted by Crippen LogP contribution is -2.47. The van der Waals surface area contributed by atoms with E-state index in [-0.39, 0.29) is 5.91 Å². The lowest BCUT2D eigenvalue weighted by molar-refractivity contribution is -0.121. The van der Waals surface area contributed by atoms with Gasteiger partial charge in [0.05, 0.1) is 0 Å². The number of rotatable bonds is 6. The molecule has 1 aliphatic rings. The van der Waals surface area contributed by atoms with Crippen LogP contribution in [0.15, 0.2) is 18.2 Å². The van der Waals surface area contributed by atoms with Crippen LogP contribution >= 0.6 is 0 Å². The highest BCUT2D eigenvalue weighted by Gasteiger charge is 2.19. The molecule has 1 fully saturated rings. The summed E-state index contributed by atoms with van der Waals surface area (Å²) in [7, 11) is 0. The number of nitrogens with one attached hydrogen (secondary N) is 1. The molecule has 0 radical (unpaired) electrons. The van der Waals surface area contributed by atoms with Gasteiger partial charge in [0.25, 0.3) is 0 Å². The molecule has 0 atom stereocenters. The standard InChI is InChI=1S/C18H29N3O/c1-4-9-19-18(22)8-10-20-11-13-21(14-12-20)17-7-5-6-15(2)16(17)3/h5-7H,4,8-14H2,1-3H3,(H,19,22). The molecular weight excluding hydrogens is 274 g/mol. The number of nitrogens with zero attached hydrogens (tertiary/aromatic N) is 2. The van der Waals surface area contributed by atoms with Crippen molar-refractivity contribution in [2.75, 3.05) is 44.2 Å². The Morgan fingerprint density at radius 2 is 1.91 bits per heavy atom. The third kappa shape index (κ3) is 4.47. The number of carbonyl (C=O) groups excluding carboxylic acids is 1. The van der Waals surface area contributed by atoms with Gasteiger partial charge in [0.1, 0.15) is 0 Å². The van der Waals surface area contributed by atoms with E-state index in [1.807, 2.05) is 0 Å². The minimum absolute atomic E-state index is 0.179. The summed E-state index contributed by atoms with van der Waals surface area (Å²) >= 11 is 0. The summed E-state index contributed by atoms with van der Waals surface area (Å²) in [5.74, 6) is 0.179. The molecule has 22 heavy (non-hydrogen) atoms. The Bertz CT molecular complexity index is 493. The van der Waals surface area contributed by atoms with E-state index in [1.54, 1.807) is 0 Å². The van der Waals surface area contributed by atoms with Crippen LogP contribution in [0.25, 0.3) is 0 Å². The van der Waals surface area contributed by atoms with E-state index in [1.165, 1.54) is 16.8 Å². The smallest absolute Gasteiger partial charge is 0.221 e. The summed E-state index contributed by atoms with van der Waals surface area (Å²) in [5, 5.41) is 2.94. The number of anilines is 1. The number of hydrogen-bond donors (Lipinski definition) is 1. The van der Waals surface area contributed by atoms with Gasteiger partial charge in [-0.15, -0.1) is 0 Å². The van der Waals surface area contributed by atoms with Crippen LogP contribution in [0.5, 0.6) is 0 Å². The number of benzene rings is 1.